The van der Waals surface area contributed by atoms with E-state index in [1.165, 1.54) is 18.2 Å². The van der Waals surface area contributed by atoms with Crippen molar-refractivity contribution in [1.82, 2.24) is 41.9 Å². The average Bonchev–Trinajstić information content (AvgIpc) is 3.60. The smallest absolute Gasteiger partial charge is 0.292 e. The van der Waals surface area contributed by atoms with Gasteiger partial charge in [0.05, 0.1) is 6.04 Å². The lowest BCUT2D eigenvalue weighted by atomic mass is 9.97. The molecule has 0 saturated heterocycles. The first kappa shape index (κ1) is 39.8. The van der Waals surface area contributed by atoms with Crippen LogP contribution in [0.5, 0.6) is 0 Å². The second kappa shape index (κ2) is 18.9. The molecule has 0 bridgehead atoms. The summed E-state index contributed by atoms with van der Waals surface area (Å²) >= 11 is 12.1. The Morgan fingerprint density at radius 2 is 1.54 bits per heavy atom. The zero-order valence-corrected chi connectivity index (χ0v) is 29.5. The van der Waals surface area contributed by atoms with Crippen LogP contribution in [0.1, 0.15) is 50.3 Å². The number of carbonyl (C=O) groups excluding carboxylic acids is 5. The minimum atomic E-state index is -1.72. The number of anilines is 1. The van der Waals surface area contributed by atoms with Gasteiger partial charge in [-0.15, -0.1) is 10.2 Å². The highest BCUT2D eigenvalue weighted by molar-refractivity contribution is 6.35. The molecule has 0 radical (unpaired) electrons. The number of nitrogens with zero attached hydrogens (tertiary/aromatic N) is 3. The molecule has 0 aliphatic carbocycles. The highest BCUT2D eigenvalue weighted by Gasteiger charge is 2.34. The van der Waals surface area contributed by atoms with Crippen molar-refractivity contribution in [3.05, 3.63) is 70.0 Å². The molecule has 0 saturated carbocycles. The van der Waals surface area contributed by atoms with Gasteiger partial charge in [-0.3, -0.25) is 24.0 Å². The van der Waals surface area contributed by atoms with Crippen molar-refractivity contribution in [2.75, 3.05) is 11.9 Å². The van der Waals surface area contributed by atoms with Crippen molar-refractivity contribution < 1.29 is 29.1 Å². The quantitative estimate of drug-likeness (QED) is 0.0977. The van der Waals surface area contributed by atoms with Crippen LogP contribution in [0.4, 0.5) is 5.69 Å². The van der Waals surface area contributed by atoms with Gasteiger partial charge in [0.15, 0.2) is 6.10 Å². The van der Waals surface area contributed by atoms with Gasteiger partial charge in [0, 0.05) is 22.3 Å². The zero-order chi connectivity index (χ0) is 37.0. The number of benzene rings is 2. The maximum Gasteiger partial charge on any atom is 0.292 e. The Morgan fingerprint density at radius 1 is 0.880 bits per heavy atom. The highest BCUT2D eigenvalue weighted by atomic mass is 35.5. The molecule has 270 valence electrons. The van der Waals surface area contributed by atoms with E-state index >= 15 is 0 Å². The van der Waals surface area contributed by atoms with E-state index in [4.69, 9.17) is 28.9 Å². The number of tetrazole rings is 1. The van der Waals surface area contributed by atoms with Crippen molar-refractivity contribution in [1.29, 1.82) is 0 Å². The van der Waals surface area contributed by atoms with Crippen LogP contribution < -0.4 is 32.3 Å². The van der Waals surface area contributed by atoms with Crippen molar-refractivity contribution in [3.63, 3.8) is 0 Å². The van der Waals surface area contributed by atoms with Crippen molar-refractivity contribution in [2.45, 2.75) is 70.8 Å². The fourth-order valence-electron chi connectivity index (χ4n) is 4.81. The molecule has 5 amide bonds. The lowest BCUT2D eigenvalue weighted by Crippen LogP contribution is -2.60. The Labute approximate surface area is 299 Å². The van der Waals surface area contributed by atoms with Gasteiger partial charge in [-0.05, 0) is 53.7 Å². The van der Waals surface area contributed by atoms with E-state index in [0.717, 1.165) is 5.56 Å². The number of H-pyrrole nitrogens is 1. The molecule has 0 aliphatic heterocycles. The van der Waals surface area contributed by atoms with Crippen LogP contribution in [-0.2, 0) is 25.6 Å². The second-order valence-electron chi connectivity index (χ2n) is 12.4. The normalized spacial score (nSPS) is 14.2. The Balaban J connectivity index is 1.73. The number of aromatic nitrogens is 4. The van der Waals surface area contributed by atoms with Crippen molar-refractivity contribution in [2.24, 2.45) is 17.6 Å². The maximum absolute atomic E-state index is 13.8. The Hall–Kier alpha value is -4.64. The van der Waals surface area contributed by atoms with E-state index in [0.29, 0.717) is 0 Å². The number of aliphatic hydroxyl groups is 1. The van der Waals surface area contributed by atoms with E-state index in [2.05, 4.69) is 47.2 Å². The third kappa shape index (κ3) is 12.4. The van der Waals surface area contributed by atoms with Gasteiger partial charge in [-0.25, -0.2) is 0 Å². The van der Waals surface area contributed by atoms with E-state index in [9.17, 15) is 29.1 Å². The summed E-state index contributed by atoms with van der Waals surface area (Å²) in [7, 11) is 0. The summed E-state index contributed by atoms with van der Waals surface area (Å²) in [6.07, 6.45) is -1.46. The predicted octanol–water partition coefficient (Wildman–Crippen LogP) is 0.962. The number of aromatic amines is 1. The van der Waals surface area contributed by atoms with E-state index < -0.39 is 65.7 Å². The van der Waals surface area contributed by atoms with Crippen molar-refractivity contribution >= 4 is 58.4 Å². The summed E-state index contributed by atoms with van der Waals surface area (Å²) in [4.78, 5) is 65.5. The lowest BCUT2D eigenvalue weighted by molar-refractivity contribution is -0.134. The number of nitrogens with two attached hydrogens (primary N) is 1. The second-order valence-corrected chi connectivity index (χ2v) is 13.2. The van der Waals surface area contributed by atoms with Gasteiger partial charge in [-0.1, -0.05) is 81.2 Å². The first-order chi connectivity index (χ1) is 23.6. The van der Waals surface area contributed by atoms with E-state index in [1.807, 2.05) is 13.8 Å². The summed E-state index contributed by atoms with van der Waals surface area (Å²) in [6.45, 7) is 6.83. The number of nitrogens with one attached hydrogen (secondary N) is 6. The summed E-state index contributed by atoms with van der Waals surface area (Å²) in [5.41, 5.74) is 6.94. The molecule has 3 rings (SSSR count). The Bertz CT molecular complexity index is 1590. The summed E-state index contributed by atoms with van der Waals surface area (Å²) in [6, 6.07) is 8.77. The molecule has 16 nitrogen and oxygen atoms in total. The van der Waals surface area contributed by atoms with Crippen LogP contribution in [0.25, 0.3) is 0 Å². The largest absolute Gasteiger partial charge is 0.381 e. The SMILES string of the molecule is CC(C)C[C@H](NC(=O)C(NC(=O)[C@@H](N)CNC(=O)c1nn[nH]n1)C(C)C)C(=O)N[C@@H](Cc1ccccc1)[C@@H](O)C(=O)Nc1cc(Cl)cc(Cl)c1. The number of halogens is 2. The lowest BCUT2D eigenvalue weighted by Gasteiger charge is -2.29. The van der Waals surface area contributed by atoms with Gasteiger partial charge in [0.1, 0.15) is 18.1 Å². The number of rotatable bonds is 17. The number of hydrogen-bond donors (Lipinski definition) is 8. The predicted molar refractivity (Wildman–Crippen MR) is 186 cm³/mol. The molecule has 2 aromatic carbocycles. The minimum Gasteiger partial charge on any atom is -0.381 e. The number of hydrogen-bond acceptors (Lipinski definition) is 10. The molecule has 0 fully saturated rings. The van der Waals surface area contributed by atoms with Gasteiger partial charge in [0.2, 0.25) is 17.7 Å². The molecular formula is C32H42Cl2N10O6. The maximum atomic E-state index is 13.8. The molecule has 5 atom stereocenters. The number of amides is 5. The Kier molecular flexibility index (Phi) is 15.1. The van der Waals surface area contributed by atoms with Gasteiger partial charge >= 0.3 is 0 Å². The zero-order valence-electron chi connectivity index (χ0n) is 27.9. The third-order valence-corrected chi connectivity index (χ3v) is 7.80. The fraction of sp³-hybridized carbons (Fsp3) is 0.438. The van der Waals surface area contributed by atoms with Gasteiger partial charge in [-0.2, -0.15) is 5.21 Å². The van der Waals surface area contributed by atoms with E-state index in [1.54, 1.807) is 44.2 Å². The standard InChI is InChI=1S/C32H42Cl2N10O6/c1-16(2)10-24(39-30(48)25(17(3)4)40-28(46)22(35)15-36-32(50)27-41-43-44-42-27)29(47)38-23(11-18-8-6-5-7-9-18)26(45)31(49)37-21-13-19(33)12-20(34)14-21/h5-9,12-14,16-17,22-26,45H,10-11,15,35H2,1-4H3,(H,36,50)(H,37,49)(H,38,47)(H,39,48)(H,40,46)(H,41,42,43,44)/t22-,23-,24-,25?,26+/m0/s1. The molecule has 3 aromatic rings. The summed E-state index contributed by atoms with van der Waals surface area (Å²) in [5, 5.41) is 37.3. The summed E-state index contributed by atoms with van der Waals surface area (Å²) < 4.78 is 0. The van der Waals surface area contributed by atoms with Crippen molar-refractivity contribution in [3.8, 4) is 0 Å². The molecule has 0 spiro atoms. The number of carbonyl (C=O) groups is 5. The molecule has 18 heteroatoms. The van der Waals surface area contributed by atoms with Crippen LogP contribution in [-0.4, -0.2) is 92.1 Å². The summed E-state index contributed by atoms with van der Waals surface area (Å²) in [5.74, 6) is -4.30. The van der Waals surface area contributed by atoms with E-state index in [-0.39, 0.29) is 46.9 Å². The molecule has 0 aliphatic rings. The fourth-order valence-corrected chi connectivity index (χ4v) is 5.34. The monoisotopic (exact) mass is 732 g/mol. The van der Waals surface area contributed by atoms with Crippen LogP contribution in [0, 0.1) is 11.8 Å². The first-order valence-corrected chi connectivity index (χ1v) is 16.6. The molecule has 1 aromatic heterocycles. The third-order valence-electron chi connectivity index (χ3n) is 7.36. The molecule has 9 N–H and O–H groups in total. The van der Waals surface area contributed by atoms with Gasteiger partial charge in [0.25, 0.3) is 17.6 Å². The number of aliphatic hydroxyl groups excluding tert-OH is 1. The van der Waals surface area contributed by atoms with Crippen LogP contribution in [0.2, 0.25) is 10.0 Å². The Morgan fingerprint density at radius 3 is 2.12 bits per heavy atom. The molecular weight excluding hydrogens is 691 g/mol. The average molecular weight is 734 g/mol. The minimum absolute atomic E-state index is 0.0669. The first-order valence-electron chi connectivity index (χ1n) is 15.8. The van der Waals surface area contributed by atoms with Crippen LogP contribution in [0.3, 0.4) is 0 Å². The molecule has 50 heavy (non-hydrogen) atoms. The highest BCUT2D eigenvalue weighted by Crippen LogP contribution is 2.23. The molecule has 1 heterocycles. The van der Waals surface area contributed by atoms with Crippen LogP contribution in [0.15, 0.2) is 48.5 Å². The molecule has 1 unspecified atom stereocenters. The topological polar surface area (TPSA) is 246 Å². The van der Waals surface area contributed by atoms with Crippen LogP contribution >= 0.6 is 23.2 Å². The van der Waals surface area contributed by atoms with Gasteiger partial charge < -0.3 is 37.4 Å².